The van der Waals surface area contributed by atoms with Crippen molar-refractivity contribution in [2.45, 2.75) is 44.8 Å². The molecule has 16 bridgehead atoms. The number of carbonyl (C=O) groups is 8. The highest BCUT2D eigenvalue weighted by atomic mass is 16.6. The van der Waals surface area contributed by atoms with Crippen LogP contribution in [0.4, 0.5) is 0 Å². The van der Waals surface area contributed by atoms with Crippen LogP contribution in [-0.4, -0.2) is 162 Å². The fourth-order valence-electron chi connectivity index (χ4n) is 13.4. The molecule has 24 heteroatoms. The molecule has 4 aromatic carbocycles. The van der Waals surface area contributed by atoms with Gasteiger partial charge in [0.2, 0.25) is 0 Å². The van der Waals surface area contributed by atoms with Gasteiger partial charge < -0.3 is 75.8 Å². The van der Waals surface area contributed by atoms with Gasteiger partial charge >= 0.3 is 47.8 Å². The molecule has 0 amide bonds. The summed E-state index contributed by atoms with van der Waals surface area (Å²) in [6, 6.07) is 12.1. The summed E-state index contributed by atoms with van der Waals surface area (Å²) in [5.74, 6) is -8.15. The second kappa shape index (κ2) is 26.8. The Kier molecular flexibility index (Phi) is 19.7. The van der Waals surface area contributed by atoms with Crippen molar-refractivity contribution in [3.8, 4) is 0 Å². The fourth-order valence-corrected chi connectivity index (χ4v) is 13.4. The largest absolute Gasteiger partial charge is 0.465 e. The summed E-state index contributed by atoms with van der Waals surface area (Å²) < 4.78 is 94.0. The summed E-state index contributed by atoms with van der Waals surface area (Å²) in [5, 5.41) is 0. The van der Waals surface area contributed by atoms with Crippen LogP contribution in [0.5, 0.6) is 0 Å². The van der Waals surface area contributed by atoms with Crippen molar-refractivity contribution in [1.29, 1.82) is 0 Å². The first-order chi connectivity index (χ1) is 45.9. The van der Waals surface area contributed by atoms with Crippen LogP contribution < -0.4 is 0 Å². The van der Waals surface area contributed by atoms with Gasteiger partial charge in [0.1, 0.15) is 44.8 Å². The predicted molar refractivity (Wildman–Crippen MR) is 339 cm³/mol. The van der Waals surface area contributed by atoms with Crippen molar-refractivity contribution < 1.29 is 114 Å². The summed E-state index contributed by atoms with van der Waals surface area (Å²) in [6.07, 6.45) is 24.2. The van der Waals surface area contributed by atoms with Gasteiger partial charge in [-0.15, -0.1) is 0 Å². The van der Waals surface area contributed by atoms with Gasteiger partial charge in [-0.1, -0.05) is 48.5 Å². The van der Waals surface area contributed by atoms with Crippen LogP contribution in [-0.2, 0) is 121 Å². The van der Waals surface area contributed by atoms with Crippen molar-refractivity contribution in [2.24, 2.45) is 0 Å². The molecule has 0 unspecified atom stereocenters. The smallest absolute Gasteiger partial charge is 0.339 e. The number of esters is 8. The second-order valence-electron chi connectivity index (χ2n) is 22.2. The maximum atomic E-state index is 14.6. The van der Waals surface area contributed by atoms with E-state index in [1.807, 2.05) is 0 Å². The normalized spacial score (nSPS) is 26.2. The van der Waals surface area contributed by atoms with Crippen LogP contribution in [0.25, 0.3) is 0 Å². The molecule has 0 aromatic heterocycles. The van der Waals surface area contributed by atoms with Crippen LogP contribution in [0.15, 0.2) is 146 Å². The Morgan fingerprint density at radius 3 is 0.323 bits per heavy atom. The monoisotopic (exact) mass is 1320 g/mol. The summed E-state index contributed by atoms with van der Waals surface area (Å²) in [4.78, 5) is 117. The summed E-state index contributed by atoms with van der Waals surface area (Å²) in [5.41, 5.74) is -16.7. The van der Waals surface area contributed by atoms with Crippen LogP contribution >= 0.6 is 0 Å². The first-order valence-corrected chi connectivity index (χ1v) is 29.4. The highest BCUT2D eigenvalue weighted by Crippen LogP contribution is 2.52. The van der Waals surface area contributed by atoms with Crippen LogP contribution in [0.3, 0.4) is 0 Å². The van der Waals surface area contributed by atoms with Crippen LogP contribution in [0.2, 0.25) is 0 Å². The SMILES string of the molecule is COC(=O)c1c2ccc(c1C(=O)OC)C1(OC)C=CC(OC)(C=C1)c1ccc(c(C(=O)OC)c1C(=O)OC)C1(OC)C=CC(OC)(C=C1)c1ccc(c(C(=O)OC)c1C(=O)OC)C1(OC)C=CC(OC)(C=C1)c1ccc(c(C(=O)OC)c1C(=O)OC)C1(OC)C=CC2(OC)C=C1. The molecule has 4 aromatic rings. The minimum Gasteiger partial charge on any atom is -0.465 e. The van der Waals surface area contributed by atoms with Gasteiger partial charge in [0.25, 0.3) is 0 Å². The van der Waals surface area contributed by atoms with Gasteiger partial charge in [-0.3, -0.25) is 0 Å². The van der Waals surface area contributed by atoms with E-state index < -0.39 is 92.6 Å². The lowest BCUT2D eigenvalue weighted by Crippen LogP contribution is -2.39. The minimum atomic E-state index is -1.78. The van der Waals surface area contributed by atoms with Gasteiger partial charge in [0, 0.05) is 101 Å². The molecule has 0 spiro atoms. The molecule has 0 fully saturated rings. The highest BCUT2D eigenvalue weighted by Gasteiger charge is 2.51. The molecule has 0 saturated carbocycles. The summed E-state index contributed by atoms with van der Waals surface area (Å²) in [6.45, 7) is 0. The maximum absolute atomic E-state index is 14.6. The fraction of sp³-hybridized carbons (Fsp3) is 0.333. The van der Waals surface area contributed by atoms with E-state index in [9.17, 15) is 38.4 Å². The zero-order valence-corrected chi connectivity index (χ0v) is 55.7. The highest BCUT2D eigenvalue weighted by molar-refractivity contribution is 6.09. The number of methoxy groups -OCH3 is 16. The summed E-state index contributed by atoms with van der Waals surface area (Å²) >= 11 is 0. The van der Waals surface area contributed by atoms with Gasteiger partial charge in [-0.05, 0) is 97.2 Å². The summed E-state index contributed by atoms with van der Waals surface area (Å²) in [7, 11) is 19.7. The molecule has 96 heavy (non-hydrogen) atoms. The molecule has 30 rings (SSSR count). The van der Waals surface area contributed by atoms with E-state index in [0.29, 0.717) is 0 Å². The van der Waals surface area contributed by atoms with Crippen molar-refractivity contribution in [3.05, 3.63) is 235 Å². The number of hydrogen-bond acceptors (Lipinski definition) is 24. The van der Waals surface area contributed by atoms with Crippen LogP contribution in [0, 0.1) is 0 Å². The van der Waals surface area contributed by atoms with E-state index in [-0.39, 0.29) is 89.0 Å². The molecule has 504 valence electrons. The van der Waals surface area contributed by atoms with E-state index in [1.165, 1.54) is 203 Å². The lowest BCUT2D eigenvalue weighted by atomic mass is 9.72. The Hall–Kier alpha value is -9.76. The molecule has 24 nitrogen and oxygen atoms in total. The van der Waals surface area contributed by atoms with Crippen molar-refractivity contribution in [3.63, 3.8) is 0 Å². The molecule has 0 radical (unpaired) electrons. The molecule has 26 aliphatic carbocycles. The van der Waals surface area contributed by atoms with Crippen molar-refractivity contribution in [2.75, 3.05) is 114 Å². The predicted octanol–water partition coefficient (Wildman–Crippen LogP) is 8.33. The van der Waals surface area contributed by atoms with E-state index in [4.69, 9.17) is 75.8 Å². The van der Waals surface area contributed by atoms with Gasteiger partial charge in [-0.25, -0.2) is 38.4 Å². The Morgan fingerprint density at radius 2 is 0.260 bits per heavy atom. The molecule has 0 aliphatic heterocycles. The third-order valence-corrected chi connectivity index (χ3v) is 18.6. The minimum absolute atomic E-state index is 0.0352. The Bertz CT molecular complexity index is 3310. The molecular weight excluding hydrogens is 1250 g/mol. The van der Waals surface area contributed by atoms with Crippen LogP contribution in [0.1, 0.15) is 127 Å². The third-order valence-electron chi connectivity index (χ3n) is 18.6. The number of carbonyl (C=O) groups excluding carboxylic acids is 8. The molecule has 0 N–H and O–H groups in total. The Morgan fingerprint density at radius 1 is 0.177 bits per heavy atom. The lowest BCUT2D eigenvalue weighted by molar-refractivity contribution is 0.0334. The quantitative estimate of drug-likeness (QED) is 0.0578. The topological polar surface area (TPSA) is 284 Å². The van der Waals surface area contributed by atoms with Gasteiger partial charge in [-0.2, -0.15) is 0 Å². The second-order valence-corrected chi connectivity index (χ2v) is 22.2. The number of benzene rings is 4. The Balaban J connectivity index is 1.43. The van der Waals surface area contributed by atoms with Gasteiger partial charge in [0.15, 0.2) is 0 Å². The standard InChI is InChI=1S/C72H72O24/c1-81-57(73)49-41-17-18-42(50(49)58(74)82-2)66(90-10)29-31-68(92-12,32-30-66)44-21-22-46(54(62(78)86-6)52(44)60(76)84-4)70(94-14)37-39-72(96-16,40-38-70)48-24-23-47(55(63(79)87-7)56(48)64(80)88-8)71(95-15)35-33-69(93-13,34-36-71)45-20-19-43(51(59(75)83-3)53(45)61(77)85-5)67(91-11)27-25-65(41,89-9)26-28-67/h17-40H,1-16H3. The zero-order valence-electron chi connectivity index (χ0n) is 55.7. The molecule has 26 aliphatic rings. The van der Waals surface area contributed by atoms with E-state index in [2.05, 4.69) is 0 Å². The van der Waals surface area contributed by atoms with E-state index >= 15 is 0 Å². The number of ether oxygens (including phenoxy) is 16. The Labute approximate surface area is 553 Å². The molecule has 0 atom stereocenters. The lowest BCUT2D eigenvalue weighted by Gasteiger charge is -2.41. The van der Waals surface area contributed by atoms with E-state index in [0.717, 1.165) is 56.9 Å². The average molecular weight is 1320 g/mol. The first-order valence-electron chi connectivity index (χ1n) is 29.4. The molecule has 0 heterocycles. The number of rotatable bonds is 16. The van der Waals surface area contributed by atoms with Gasteiger partial charge in [0.05, 0.1) is 101 Å². The zero-order chi connectivity index (χ0) is 70.1. The van der Waals surface area contributed by atoms with E-state index in [1.54, 1.807) is 0 Å². The average Bonchev–Trinajstić information content (AvgIpc) is 0.727. The molecular formula is C72H72O24. The first kappa shape index (κ1) is 70.6. The third kappa shape index (κ3) is 10.6. The van der Waals surface area contributed by atoms with Crippen molar-refractivity contribution in [1.82, 2.24) is 0 Å². The molecule has 0 saturated heterocycles. The number of hydrogen-bond donors (Lipinski definition) is 0. The maximum Gasteiger partial charge on any atom is 0.339 e. The van der Waals surface area contributed by atoms with Crippen molar-refractivity contribution >= 4 is 47.8 Å².